The number of epoxide rings is 1. The largest absolute Gasteiger partial charge is 0.465 e. The lowest BCUT2D eigenvalue weighted by molar-refractivity contribution is -0.157. The SMILES string of the molecule is CCCCC(C)(CC)C(=O)OCC1CCC2O[C@@H]2C1. The van der Waals surface area contributed by atoms with Gasteiger partial charge < -0.3 is 9.47 Å². The summed E-state index contributed by atoms with van der Waals surface area (Å²) < 4.78 is 11.1. The molecule has 1 saturated heterocycles. The summed E-state index contributed by atoms with van der Waals surface area (Å²) in [5.41, 5.74) is -0.288. The van der Waals surface area contributed by atoms with Crippen LogP contribution in [-0.2, 0) is 14.3 Å². The quantitative estimate of drug-likeness (QED) is 0.522. The smallest absolute Gasteiger partial charge is 0.311 e. The molecule has 1 heterocycles. The van der Waals surface area contributed by atoms with Gasteiger partial charge in [-0.25, -0.2) is 0 Å². The van der Waals surface area contributed by atoms with Gasteiger partial charge in [-0.2, -0.15) is 0 Å². The summed E-state index contributed by atoms with van der Waals surface area (Å²) in [6.07, 6.45) is 8.40. The van der Waals surface area contributed by atoms with E-state index in [2.05, 4.69) is 13.8 Å². The number of fused-ring (bicyclic) bond motifs is 1. The third-order valence-electron chi connectivity index (χ3n) is 4.92. The molecule has 1 aliphatic carbocycles. The fourth-order valence-electron chi connectivity index (χ4n) is 3.00. The summed E-state index contributed by atoms with van der Waals surface area (Å²) in [7, 11) is 0. The van der Waals surface area contributed by atoms with E-state index in [0.717, 1.165) is 44.9 Å². The van der Waals surface area contributed by atoms with E-state index in [-0.39, 0.29) is 11.4 Å². The number of rotatable bonds is 7. The Morgan fingerprint density at radius 1 is 1.32 bits per heavy atom. The van der Waals surface area contributed by atoms with E-state index in [1.54, 1.807) is 0 Å². The highest BCUT2D eigenvalue weighted by atomic mass is 16.6. The molecule has 4 atom stereocenters. The van der Waals surface area contributed by atoms with Crippen molar-refractivity contribution in [2.24, 2.45) is 11.3 Å². The highest BCUT2D eigenvalue weighted by Gasteiger charge is 2.44. The molecule has 1 saturated carbocycles. The minimum Gasteiger partial charge on any atom is -0.465 e. The van der Waals surface area contributed by atoms with Gasteiger partial charge in [0.15, 0.2) is 0 Å². The minimum atomic E-state index is -0.288. The second kappa shape index (κ2) is 6.25. The summed E-state index contributed by atoms with van der Waals surface area (Å²) >= 11 is 0. The zero-order valence-corrected chi connectivity index (χ0v) is 12.6. The predicted octanol–water partition coefficient (Wildman–Crippen LogP) is 3.70. The third-order valence-corrected chi connectivity index (χ3v) is 4.92. The molecule has 0 N–H and O–H groups in total. The van der Waals surface area contributed by atoms with Crippen LogP contribution in [0.5, 0.6) is 0 Å². The standard InChI is InChI=1S/C16H28O3/c1-4-6-9-16(3,5-2)15(17)18-11-12-7-8-13-14(10-12)19-13/h12-14H,4-11H2,1-3H3/t12?,13?,14-,16?/m1/s1. The molecule has 0 amide bonds. The van der Waals surface area contributed by atoms with Crippen LogP contribution in [0, 0.1) is 11.3 Å². The lowest BCUT2D eigenvalue weighted by Crippen LogP contribution is -2.31. The van der Waals surface area contributed by atoms with Crippen LogP contribution in [0.4, 0.5) is 0 Å². The van der Waals surface area contributed by atoms with Gasteiger partial charge >= 0.3 is 5.97 Å². The molecular weight excluding hydrogens is 240 g/mol. The molecule has 3 heteroatoms. The Balaban J connectivity index is 1.75. The van der Waals surface area contributed by atoms with Gasteiger partial charge in [0.2, 0.25) is 0 Å². The molecule has 0 aromatic rings. The second-order valence-electron chi connectivity index (χ2n) is 6.51. The van der Waals surface area contributed by atoms with Gasteiger partial charge in [-0.15, -0.1) is 0 Å². The molecule has 2 aliphatic rings. The fourth-order valence-corrected chi connectivity index (χ4v) is 3.00. The normalized spacial score (nSPS) is 32.3. The van der Waals surface area contributed by atoms with E-state index in [4.69, 9.17) is 9.47 Å². The Kier molecular flexibility index (Phi) is 4.88. The van der Waals surface area contributed by atoms with Crippen LogP contribution >= 0.6 is 0 Å². The maximum absolute atomic E-state index is 12.3. The van der Waals surface area contributed by atoms with E-state index < -0.39 is 0 Å². The average Bonchev–Trinajstić information content (AvgIpc) is 3.20. The first-order chi connectivity index (χ1) is 9.09. The van der Waals surface area contributed by atoms with Crippen molar-refractivity contribution in [2.45, 2.75) is 77.9 Å². The highest BCUT2D eigenvalue weighted by molar-refractivity contribution is 5.76. The Bertz CT molecular complexity index is 315. The summed E-state index contributed by atoms with van der Waals surface area (Å²) in [6.45, 7) is 6.88. The molecule has 19 heavy (non-hydrogen) atoms. The van der Waals surface area contributed by atoms with Gasteiger partial charge in [0.25, 0.3) is 0 Å². The zero-order chi connectivity index (χ0) is 13.9. The first kappa shape index (κ1) is 14.8. The predicted molar refractivity (Wildman–Crippen MR) is 74.9 cm³/mol. The van der Waals surface area contributed by atoms with Crippen molar-refractivity contribution >= 4 is 5.97 Å². The maximum Gasteiger partial charge on any atom is 0.311 e. The highest BCUT2D eigenvalue weighted by Crippen LogP contribution is 2.39. The number of ether oxygens (including phenoxy) is 2. The summed E-state index contributed by atoms with van der Waals surface area (Å²) in [6, 6.07) is 0. The summed E-state index contributed by atoms with van der Waals surface area (Å²) in [5.74, 6) is 0.516. The van der Waals surface area contributed by atoms with E-state index in [1.165, 1.54) is 0 Å². The van der Waals surface area contributed by atoms with Gasteiger partial charge in [-0.05, 0) is 44.9 Å². The Morgan fingerprint density at radius 2 is 2.11 bits per heavy atom. The van der Waals surface area contributed by atoms with Crippen LogP contribution in [-0.4, -0.2) is 24.8 Å². The molecule has 110 valence electrons. The molecule has 0 radical (unpaired) electrons. The fraction of sp³-hybridized carbons (Fsp3) is 0.938. The first-order valence-corrected chi connectivity index (χ1v) is 7.91. The number of hydrogen-bond acceptors (Lipinski definition) is 3. The van der Waals surface area contributed by atoms with E-state index in [9.17, 15) is 4.79 Å². The molecular formula is C16H28O3. The Hall–Kier alpha value is -0.570. The molecule has 2 rings (SSSR count). The van der Waals surface area contributed by atoms with Crippen molar-refractivity contribution in [3.63, 3.8) is 0 Å². The van der Waals surface area contributed by atoms with Gasteiger partial charge in [0.1, 0.15) is 0 Å². The number of carbonyl (C=O) groups is 1. The lowest BCUT2D eigenvalue weighted by Gasteiger charge is -2.27. The van der Waals surface area contributed by atoms with Crippen LogP contribution in [0.15, 0.2) is 0 Å². The van der Waals surface area contributed by atoms with Crippen molar-refractivity contribution < 1.29 is 14.3 Å². The summed E-state index contributed by atoms with van der Waals surface area (Å²) in [5, 5.41) is 0. The molecule has 0 bridgehead atoms. The molecule has 0 aromatic heterocycles. The van der Waals surface area contributed by atoms with E-state index in [1.807, 2.05) is 6.92 Å². The van der Waals surface area contributed by atoms with Crippen LogP contribution in [0.25, 0.3) is 0 Å². The second-order valence-corrected chi connectivity index (χ2v) is 6.51. The van der Waals surface area contributed by atoms with Crippen molar-refractivity contribution in [3.05, 3.63) is 0 Å². The van der Waals surface area contributed by atoms with Crippen LogP contribution < -0.4 is 0 Å². The molecule has 3 unspecified atom stereocenters. The molecule has 3 nitrogen and oxygen atoms in total. The van der Waals surface area contributed by atoms with Crippen molar-refractivity contribution in [3.8, 4) is 0 Å². The van der Waals surface area contributed by atoms with E-state index in [0.29, 0.717) is 24.7 Å². The number of carbonyl (C=O) groups excluding carboxylic acids is 1. The third kappa shape index (κ3) is 3.71. The van der Waals surface area contributed by atoms with Crippen molar-refractivity contribution in [1.29, 1.82) is 0 Å². The van der Waals surface area contributed by atoms with Gasteiger partial charge in [-0.1, -0.05) is 26.7 Å². The van der Waals surface area contributed by atoms with Crippen LogP contribution in [0.1, 0.15) is 65.7 Å². The maximum atomic E-state index is 12.3. The van der Waals surface area contributed by atoms with Crippen molar-refractivity contribution in [2.75, 3.05) is 6.61 Å². The minimum absolute atomic E-state index is 0.00212. The zero-order valence-electron chi connectivity index (χ0n) is 12.6. The molecule has 1 aliphatic heterocycles. The van der Waals surface area contributed by atoms with Crippen LogP contribution in [0.2, 0.25) is 0 Å². The molecule has 0 aromatic carbocycles. The van der Waals surface area contributed by atoms with Gasteiger partial charge in [-0.3, -0.25) is 4.79 Å². The Labute approximate surface area is 117 Å². The lowest BCUT2D eigenvalue weighted by atomic mass is 9.82. The topological polar surface area (TPSA) is 38.8 Å². The van der Waals surface area contributed by atoms with Gasteiger partial charge in [0.05, 0.1) is 24.2 Å². The molecule has 0 spiro atoms. The first-order valence-electron chi connectivity index (χ1n) is 7.91. The monoisotopic (exact) mass is 268 g/mol. The van der Waals surface area contributed by atoms with Crippen LogP contribution in [0.3, 0.4) is 0 Å². The average molecular weight is 268 g/mol. The number of esters is 1. The molecule has 2 fully saturated rings. The van der Waals surface area contributed by atoms with E-state index >= 15 is 0 Å². The number of unbranched alkanes of at least 4 members (excludes halogenated alkanes) is 1. The van der Waals surface area contributed by atoms with Crippen molar-refractivity contribution in [1.82, 2.24) is 0 Å². The van der Waals surface area contributed by atoms with Gasteiger partial charge in [0, 0.05) is 0 Å². The summed E-state index contributed by atoms with van der Waals surface area (Å²) in [4.78, 5) is 12.3. The number of hydrogen-bond donors (Lipinski definition) is 0. The Morgan fingerprint density at radius 3 is 2.74 bits per heavy atom.